The van der Waals surface area contributed by atoms with Crippen LogP contribution in [0.1, 0.15) is 5.56 Å². The second-order valence-corrected chi connectivity index (χ2v) is 8.81. The number of para-hydroxylation sites is 2. The van der Waals surface area contributed by atoms with Crippen molar-refractivity contribution in [2.24, 2.45) is 0 Å². The van der Waals surface area contributed by atoms with Gasteiger partial charge in [0.05, 0.1) is 17.1 Å². The van der Waals surface area contributed by atoms with Gasteiger partial charge in [-0.05, 0) is 53.9 Å². The lowest BCUT2D eigenvalue weighted by molar-refractivity contribution is 0.590. The monoisotopic (exact) mass is 424 g/mol. The Balaban J connectivity index is 1.83. The topological polar surface area (TPSA) is 70.2 Å². The second-order valence-electron chi connectivity index (χ2n) is 6.51. The Bertz CT molecular complexity index is 1320. The lowest BCUT2D eigenvalue weighted by atomic mass is 10.1. The van der Waals surface area contributed by atoms with Gasteiger partial charge in [-0.1, -0.05) is 48.0 Å². The number of aromatic amines is 1. The third-order valence-corrected chi connectivity index (χ3v) is 6.63. The number of H-pyrrole nitrogens is 1. The van der Waals surface area contributed by atoms with Crippen molar-refractivity contribution in [3.63, 3.8) is 0 Å². The molecule has 3 aromatic carbocycles. The molecule has 0 aliphatic carbocycles. The molecule has 0 spiro atoms. The molecular formula is C22H17ClN2O3S. The number of anilines is 1. The summed E-state index contributed by atoms with van der Waals surface area (Å²) in [5.41, 5.74) is 1.20. The van der Waals surface area contributed by atoms with Gasteiger partial charge >= 0.3 is 0 Å². The Morgan fingerprint density at radius 2 is 1.52 bits per heavy atom. The molecule has 1 N–H and O–H groups in total. The van der Waals surface area contributed by atoms with Gasteiger partial charge in [0.15, 0.2) is 0 Å². The average Bonchev–Trinajstić information content (AvgIpc) is 2.73. The average molecular weight is 425 g/mol. The molecule has 7 heteroatoms. The molecule has 4 rings (SSSR count). The molecule has 1 aromatic heterocycles. The van der Waals surface area contributed by atoms with Gasteiger partial charge in [-0.25, -0.2) is 8.42 Å². The quantitative estimate of drug-likeness (QED) is 0.510. The first-order chi connectivity index (χ1) is 13.9. The fraction of sp³-hybridized carbons (Fsp3) is 0.0455. The molecule has 146 valence electrons. The molecule has 0 aliphatic heterocycles. The summed E-state index contributed by atoms with van der Waals surface area (Å²) in [4.78, 5) is 15.5. The molecule has 29 heavy (non-hydrogen) atoms. The van der Waals surface area contributed by atoms with Crippen LogP contribution in [0.4, 0.5) is 5.69 Å². The summed E-state index contributed by atoms with van der Waals surface area (Å²) in [7, 11) is -3.92. The zero-order valence-corrected chi connectivity index (χ0v) is 16.8. The molecule has 0 unspecified atom stereocenters. The highest BCUT2D eigenvalue weighted by Crippen LogP contribution is 2.26. The zero-order chi connectivity index (χ0) is 20.4. The van der Waals surface area contributed by atoms with Crippen LogP contribution in [0.25, 0.3) is 10.9 Å². The molecule has 0 aliphatic rings. The first kappa shape index (κ1) is 19.2. The van der Waals surface area contributed by atoms with Crippen LogP contribution < -0.4 is 9.86 Å². The van der Waals surface area contributed by atoms with Crippen LogP contribution in [0, 0.1) is 0 Å². The van der Waals surface area contributed by atoms with Gasteiger partial charge in [0.2, 0.25) is 0 Å². The van der Waals surface area contributed by atoms with E-state index in [1.54, 1.807) is 42.5 Å². The van der Waals surface area contributed by atoms with Crippen molar-refractivity contribution in [2.75, 3.05) is 4.31 Å². The Labute approximate surface area is 173 Å². The summed E-state index contributed by atoms with van der Waals surface area (Å²) in [6, 6.07) is 23.8. The Morgan fingerprint density at radius 3 is 2.24 bits per heavy atom. The number of halogens is 1. The third kappa shape index (κ3) is 3.90. The summed E-state index contributed by atoms with van der Waals surface area (Å²) in [6.07, 6.45) is 0. The maximum atomic E-state index is 13.4. The van der Waals surface area contributed by atoms with E-state index < -0.39 is 10.0 Å². The molecule has 0 saturated heterocycles. The van der Waals surface area contributed by atoms with Gasteiger partial charge in [-0.2, -0.15) is 0 Å². The minimum absolute atomic E-state index is 0.1000. The van der Waals surface area contributed by atoms with Gasteiger partial charge in [-0.3, -0.25) is 9.10 Å². The van der Waals surface area contributed by atoms with E-state index in [1.807, 2.05) is 18.2 Å². The van der Waals surface area contributed by atoms with Gasteiger partial charge < -0.3 is 4.98 Å². The van der Waals surface area contributed by atoms with E-state index in [-0.39, 0.29) is 17.0 Å². The van der Waals surface area contributed by atoms with Gasteiger partial charge in [0.1, 0.15) is 0 Å². The van der Waals surface area contributed by atoms with Crippen LogP contribution in [-0.4, -0.2) is 13.4 Å². The molecule has 0 fully saturated rings. The number of rotatable bonds is 5. The number of benzene rings is 3. The maximum Gasteiger partial charge on any atom is 0.264 e. The van der Waals surface area contributed by atoms with Crippen molar-refractivity contribution in [3.05, 3.63) is 106 Å². The second kappa shape index (κ2) is 7.73. The molecule has 0 amide bonds. The number of hydrogen-bond acceptors (Lipinski definition) is 3. The van der Waals surface area contributed by atoms with Crippen molar-refractivity contribution >= 4 is 38.2 Å². The highest BCUT2D eigenvalue weighted by atomic mass is 35.5. The lowest BCUT2D eigenvalue weighted by Crippen LogP contribution is -2.33. The van der Waals surface area contributed by atoms with Crippen LogP contribution >= 0.6 is 11.6 Å². The van der Waals surface area contributed by atoms with Crippen molar-refractivity contribution in [2.45, 2.75) is 11.4 Å². The van der Waals surface area contributed by atoms with E-state index in [2.05, 4.69) is 4.98 Å². The highest BCUT2D eigenvalue weighted by Gasteiger charge is 2.26. The number of nitrogens with one attached hydrogen (secondary N) is 1. The molecule has 0 saturated carbocycles. The Morgan fingerprint density at radius 1 is 0.862 bits per heavy atom. The summed E-state index contributed by atoms with van der Waals surface area (Å²) in [6.45, 7) is -0.102. The van der Waals surface area contributed by atoms with Crippen LogP contribution in [-0.2, 0) is 16.6 Å². The number of pyridine rings is 1. The normalized spacial score (nSPS) is 11.5. The van der Waals surface area contributed by atoms with Crippen molar-refractivity contribution < 1.29 is 8.42 Å². The minimum Gasteiger partial charge on any atom is -0.322 e. The summed E-state index contributed by atoms with van der Waals surface area (Å²) in [5, 5.41) is 1.28. The van der Waals surface area contributed by atoms with Crippen molar-refractivity contribution in [3.8, 4) is 0 Å². The lowest BCUT2D eigenvalue weighted by Gasteiger charge is -2.24. The predicted molar refractivity (Wildman–Crippen MR) is 116 cm³/mol. The molecule has 0 radical (unpaired) electrons. The molecular weight excluding hydrogens is 408 g/mol. The van der Waals surface area contributed by atoms with E-state index in [1.165, 1.54) is 28.6 Å². The van der Waals surface area contributed by atoms with E-state index >= 15 is 0 Å². The predicted octanol–water partition coefficient (Wildman–Crippen LogP) is 4.58. The standard InChI is InChI=1S/C22H17ClN2O3S/c23-18-10-12-20(13-11-18)29(27,28)25(19-7-2-1-3-8-19)15-17-14-16-6-4-5-9-21(16)24-22(17)26/h1-14H,15H2,(H,24,26). The molecule has 1 heterocycles. The minimum atomic E-state index is -3.92. The van der Waals surface area contributed by atoms with Gasteiger partial charge in [-0.15, -0.1) is 0 Å². The van der Waals surface area contributed by atoms with E-state index in [0.29, 0.717) is 21.8 Å². The fourth-order valence-corrected chi connectivity index (χ4v) is 4.68. The molecule has 0 bridgehead atoms. The summed E-state index contributed by atoms with van der Waals surface area (Å²) >= 11 is 5.91. The largest absolute Gasteiger partial charge is 0.322 e. The van der Waals surface area contributed by atoms with Crippen LogP contribution in [0.15, 0.2) is 94.6 Å². The van der Waals surface area contributed by atoms with Crippen molar-refractivity contribution in [1.29, 1.82) is 0 Å². The molecule has 5 nitrogen and oxygen atoms in total. The molecule has 4 aromatic rings. The van der Waals surface area contributed by atoms with E-state index in [9.17, 15) is 13.2 Å². The van der Waals surface area contributed by atoms with Crippen LogP contribution in [0.5, 0.6) is 0 Å². The summed E-state index contributed by atoms with van der Waals surface area (Å²) in [5.74, 6) is 0. The smallest absolute Gasteiger partial charge is 0.264 e. The van der Waals surface area contributed by atoms with Crippen molar-refractivity contribution in [1.82, 2.24) is 4.98 Å². The van der Waals surface area contributed by atoms with E-state index in [0.717, 1.165) is 5.39 Å². The maximum absolute atomic E-state index is 13.4. The number of aromatic nitrogens is 1. The first-order valence-electron chi connectivity index (χ1n) is 8.89. The third-order valence-electron chi connectivity index (χ3n) is 4.59. The Kier molecular flexibility index (Phi) is 5.13. The van der Waals surface area contributed by atoms with Gasteiger partial charge in [0.25, 0.3) is 15.6 Å². The zero-order valence-electron chi connectivity index (χ0n) is 15.2. The molecule has 0 atom stereocenters. The number of sulfonamides is 1. The number of nitrogens with zero attached hydrogens (tertiary/aromatic N) is 1. The summed E-state index contributed by atoms with van der Waals surface area (Å²) < 4.78 is 28.0. The van der Waals surface area contributed by atoms with Crippen LogP contribution in [0.2, 0.25) is 5.02 Å². The van der Waals surface area contributed by atoms with Crippen LogP contribution in [0.3, 0.4) is 0 Å². The highest BCUT2D eigenvalue weighted by molar-refractivity contribution is 7.92. The number of fused-ring (bicyclic) bond motifs is 1. The number of hydrogen-bond donors (Lipinski definition) is 1. The fourth-order valence-electron chi connectivity index (χ4n) is 3.11. The van der Waals surface area contributed by atoms with Gasteiger partial charge in [0, 0.05) is 16.1 Å². The Hall–Kier alpha value is -3.09. The first-order valence-corrected chi connectivity index (χ1v) is 10.7. The SMILES string of the molecule is O=c1[nH]c2ccccc2cc1CN(c1ccccc1)S(=O)(=O)c1ccc(Cl)cc1. The van der Waals surface area contributed by atoms with E-state index in [4.69, 9.17) is 11.6 Å².